The van der Waals surface area contributed by atoms with Gasteiger partial charge in [0.15, 0.2) is 0 Å². The number of rotatable bonds is 0. The molecule has 2 saturated heterocycles. The highest BCUT2D eigenvalue weighted by Gasteiger charge is 1.97. The summed E-state index contributed by atoms with van der Waals surface area (Å²) in [6.07, 6.45) is 4.29. The van der Waals surface area contributed by atoms with Crippen LogP contribution in [-0.2, 0) is 0 Å². The van der Waals surface area contributed by atoms with Crippen molar-refractivity contribution in [2.24, 2.45) is 0 Å². The maximum Gasteiger partial charge on any atom is 0.00533 e. The van der Waals surface area contributed by atoms with E-state index in [0.717, 1.165) is 0 Å². The molecule has 0 nitrogen and oxygen atoms in total. The average Bonchev–Trinajstić information content (AvgIpc) is 2.24. The van der Waals surface area contributed by atoms with Crippen LogP contribution in [0.5, 0.6) is 0 Å². The molecule has 2 heterocycles. The van der Waals surface area contributed by atoms with Gasteiger partial charge in [0.1, 0.15) is 0 Å². The molecule has 0 aliphatic carbocycles. The minimum Gasteiger partial charge on any atom is -0.0942 e. The lowest BCUT2D eigenvalue weighted by Crippen LogP contribution is -1.86. The van der Waals surface area contributed by atoms with Crippen molar-refractivity contribution in [2.45, 2.75) is 19.3 Å². The molecule has 72 valence electrons. The van der Waals surface area contributed by atoms with Gasteiger partial charge in [0.25, 0.3) is 0 Å². The van der Waals surface area contributed by atoms with E-state index in [1.165, 1.54) is 42.3 Å². The minimum absolute atomic E-state index is 1.36. The Morgan fingerprint density at radius 3 is 1.17 bits per heavy atom. The molecule has 0 aromatic carbocycles. The lowest BCUT2D eigenvalue weighted by Gasteiger charge is -2.04. The van der Waals surface area contributed by atoms with Crippen molar-refractivity contribution in [3.05, 3.63) is 0 Å². The van der Waals surface area contributed by atoms with E-state index in [9.17, 15) is 0 Å². The molecule has 2 rings (SSSR count). The molecule has 0 spiro atoms. The summed E-state index contributed by atoms with van der Waals surface area (Å²) in [6, 6.07) is 0. The molecule has 0 aromatic heterocycles. The van der Waals surface area contributed by atoms with Gasteiger partial charge in [0.05, 0.1) is 0 Å². The molecule has 0 saturated carbocycles. The van der Waals surface area contributed by atoms with Gasteiger partial charge in [-0.1, -0.05) is 43.2 Å². The number of hydrogen-bond acceptors (Lipinski definition) is 5. The van der Waals surface area contributed by atoms with Crippen LogP contribution in [0.1, 0.15) is 19.3 Å². The van der Waals surface area contributed by atoms with Gasteiger partial charge < -0.3 is 0 Å². The van der Waals surface area contributed by atoms with Crippen molar-refractivity contribution in [1.82, 2.24) is 0 Å². The predicted octanol–water partition coefficient (Wildman–Crippen LogP) is 4.58. The summed E-state index contributed by atoms with van der Waals surface area (Å²) >= 11 is 0. The average molecular weight is 259 g/mol. The van der Waals surface area contributed by atoms with Crippen LogP contribution in [0.2, 0.25) is 0 Å². The molecule has 5 heteroatoms. The van der Waals surface area contributed by atoms with Crippen LogP contribution in [0.4, 0.5) is 0 Å². The van der Waals surface area contributed by atoms with E-state index in [2.05, 4.69) is 0 Å². The first kappa shape index (κ1) is 11.8. The predicted molar refractivity (Wildman–Crippen MR) is 71.3 cm³/mol. The summed E-state index contributed by atoms with van der Waals surface area (Å²) in [5, 5.41) is 0. The Balaban J connectivity index is 0.000000120. The van der Waals surface area contributed by atoms with Gasteiger partial charge in [-0.05, 0) is 29.1 Å². The molecule has 0 radical (unpaired) electrons. The van der Waals surface area contributed by atoms with Crippen LogP contribution in [0, 0.1) is 0 Å². The molecule has 0 aromatic rings. The fourth-order valence-electron chi connectivity index (χ4n) is 0.719. The zero-order valence-corrected chi connectivity index (χ0v) is 11.1. The highest BCUT2D eigenvalue weighted by atomic mass is 33.5. The zero-order valence-electron chi connectivity index (χ0n) is 6.99. The van der Waals surface area contributed by atoms with E-state index in [-0.39, 0.29) is 0 Å². The van der Waals surface area contributed by atoms with Gasteiger partial charge in [-0.25, -0.2) is 0 Å². The van der Waals surface area contributed by atoms with Crippen LogP contribution < -0.4 is 0 Å². The van der Waals surface area contributed by atoms with Gasteiger partial charge >= 0.3 is 0 Å². The Morgan fingerprint density at radius 1 is 0.500 bits per heavy atom. The van der Waals surface area contributed by atoms with Crippen molar-refractivity contribution in [3.8, 4) is 0 Å². The Labute approximate surface area is 94.7 Å². The van der Waals surface area contributed by atoms with Crippen molar-refractivity contribution in [2.75, 3.05) is 23.0 Å². The fraction of sp³-hybridized carbons (Fsp3) is 1.00. The molecule has 0 bridgehead atoms. The highest BCUT2D eigenvalue weighted by molar-refractivity contribution is 9.09. The van der Waals surface area contributed by atoms with Crippen molar-refractivity contribution < 1.29 is 0 Å². The highest BCUT2D eigenvalue weighted by Crippen LogP contribution is 2.39. The quantitative estimate of drug-likeness (QED) is 0.581. The summed E-state index contributed by atoms with van der Waals surface area (Å²) in [6.45, 7) is 0. The van der Waals surface area contributed by atoms with Gasteiger partial charge in [-0.2, -0.15) is 0 Å². The standard InChI is InChI=1S/C4H8S2.C3H6S3/c2*1-2-4-6-5-3-1/h1-4H2;1-3H2. The first-order valence-corrected chi connectivity index (χ1v) is 10.5. The van der Waals surface area contributed by atoms with E-state index < -0.39 is 0 Å². The second-order valence-corrected chi connectivity index (χ2v) is 9.59. The van der Waals surface area contributed by atoms with Gasteiger partial charge in [-0.15, -0.1) is 0 Å². The van der Waals surface area contributed by atoms with Crippen molar-refractivity contribution in [3.63, 3.8) is 0 Å². The molecule has 12 heavy (non-hydrogen) atoms. The minimum atomic E-state index is 1.36. The normalized spacial score (nSPS) is 24.0. The largest absolute Gasteiger partial charge is 0.0942 e. The second-order valence-electron chi connectivity index (χ2n) is 2.42. The molecule has 2 fully saturated rings. The van der Waals surface area contributed by atoms with Crippen LogP contribution in [-0.4, -0.2) is 23.0 Å². The number of hydrogen-bond donors (Lipinski definition) is 0. The summed E-state index contributed by atoms with van der Waals surface area (Å²) < 4.78 is 0. The van der Waals surface area contributed by atoms with Crippen LogP contribution >= 0.6 is 53.0 Å². The van der Waals surface area contributed by atoms with E-state index in [4.69, 9.17) is 0 Å². The smallest absolute Gasteiger partial charge is 0.00533 e. The summed E-state index contributed by atoms with van der Waals surface area (Å²) in [7, 11) is 9.90. The third kappa shape index (κ3) is 7.18. The Bertz CT molecular complexity index is 54.8. The molecule has 0 unspecified atom stereocenters. The van der Waals surface area contributed by atoms with Crippen LogP contribution in [0.25, 0.3) is 0 Å². The van der Waals surface area contributed by atoms with E-state index in [1.54, 1.807) is 0 Å². The molecule has 2 aliphatic rings. The van der Waals surface area contributed by atoms with Crippen LogP contribution in [0.15, 0.2) is 0 Å². The molecule has 0 N–H and O–H groups in total. The summed E-state index contributed by atoms with van der Waals surface area (Å²) in [5.74, 6) is 5.48. The maximum atomic E-state index is 2.01. The molecule has 0 amide bonds. The van der Waals surface area contributed by atoms with Crippen molar-refractivity contribution >= 4 is 53.0 Å². The first-order chi connectivity index (χ1) is 6.00. The second kappa shape index (κ2) is 9.31. The Hall–Kier alpha value is 1.75. The van der Waals surface area contributed by atoms with Gasteiger partial charge in [0.2, 0.25) is 0 Å². The zero-order chi connectivity index (χ0) is 8.49. The van der Waals surface area contributed by atoms with E-state index in [1.807, 2.05) is 53.0 Å². The van der Waals surface area contributed by atoms with E-state index >= 15 is 0 Å². The SMILES string of the molecule is C1CCSSC1.C1CSSSC1. The monoisotopic (exact) mass is 258 g/mol. The Kier molecular flexibility index (Phi) is 9.17. The topological polar surface area (TPSA) is 0 Å². The van der Waals surface area contributed by atoms with Gasteiger partial charge in [0, 0.05) is 23.0 Å². The molecular formula is C7H14S5. The maximum absolute atomic E-state index is 2.01. The molecular weight excluding hydrogens is 244 g/mol. The lowest BCUT2D eigenvalue weighted by atomic mass is 10.4. The summed E-state index contributed by atoms with van der Waals surface area (Å²) in [5.41, 5.74) is 0. The fourth-order valence-corrected chi connectivity index (χ4v) is 7.08. The van der Waals surface area contributed by atoms with Gasteiger partial charge in [-0.3, -0.25) is 0 Å². The van der Waals surface area contributed by atoms with Crippen LogP contribution in [0.3, 0.4) is 0 Å². The van der Waals surface area contributed by atoms with E-state index in [0.29, 0.717) is 0 Å². The van der Waals surface area contributed by atoms with Crippen molar-refractivity contribution in [1.29, 1.82) is 0 Å². The molecule has 2 aliphatic heterocycles. The third-order valence-corrected chi connectivity index (χ3v) is 8.33. The summed E-state index contributed by atoms with van der Waals surface area (Å²) in [4.78, 5) is 0. The lowest BCUT2D eigenvalue weighted by molar-refractivity contribution is 0.906. The molecule has 0 atom stereocenters. The third-order valence-electron chi connectivity index (χ3n) is 1.34. The Morgan fingerprint density at radius 2 is 1.00 bits per heavy atom. The first-order valence-electron chi connectivity index (χ1n) is 4.15.